The fourth-order valence-electron chi connectivity index (χ4n) is 1.91. The monoisotopic (exact) mass is 282 g/mol. The third-order valence-corrected chi connectivity index (χ3v) is 2.98. The lowest BCUT2D eigenvalue weighted by Gasteiger charge is -2.00. The zero-order valence-corrected chi connectivity index (χ0v) is 11.2. The van der Waals surface area contributed by atoms with E-state index in [1.165, 1.54) is 0 Å². The Hall–Kier alpha value is -2.89. The van der Waals surface area contributed by atoms with E-state index in [2.05, 4.69) is 20.4 Å². The summed E-state index contributed by atoms with van der Waals surface area (Å²) in [6.45, 7) is 0.456. The standard InChI is InChI=1S/C15H14N4O2/c20-14(12-6-8-16-10-12)17-9-7-13-18-15(21-19-13)11-4-2-1-3-5-11/h1-6,8,10,16H,7,9H2,(H,17,20). The molecular weight excluding hydrogens is 268 g/mol. The number of hydrogen-bond acceptors (Lipinski definition) is 4. The molecule has 0 saturated carbocycles. The first-order valence-corrected chi connectivity index (χ1v) is 6.62. The van der Waals surface area contributed by atoms with Crippen molar-refractivity contribution in [3.63, 3.8) is 0 Å². The number of carbonyl (C=O) groups is 1. The molecule has 0 saturated heterocycles. The van der Waals surface area contributed by atoms with Crippen molar-refractivity contribution in [2.75, 3.05) is 6.54 Å². The molecule has 3 aromatic rings. The van der Waals surface area contributed by atoms with Crippen molar-refractivity contribution in [2.24, 2.45) is 0 Å². The van der Waals surface area contributed by atoms with Gasteiger partial charge in [-0.15, -0.1) is 0 Å². The predicted molar refractivity (Wildman–Crippen MR) is 76.6 cm³/mol. The molecule has 2 aromatic heterocycles. The van der Waals surface area contributed by atoms with Gasteiger partial charge in [0.05, 0.1) is 5.56 Å². The Morgan fingerprint density at radius 3 is 2.86 bits per heavy atom. The van der Waals surface area contributed by atoms with Gasteiger partial charge >= 0.3 is 0 Å². The Bertz CT molecular complexity index is 704. The van der Waals surface area contributed by atoms with Gasteiger partial charge in [-0.05, 0) is 18.2 Å². The van der Waals surface area contributed by atoms with Crippen LogP contribution in [0.4, 0.5) is 0 Å². The molecule has 3 rings (SSSR count). The van der Waals surface area contributed by atoms with Gasteiger partial charge in [-0.2, -0.15) is 4.98 Å². The van der Waals surface area contributed by atoms with E-state index in [0.717, 1.165) is 5.56 Å². The van der Waals surface area contributed by atoms with E-state index in [9.17, 15) is 4.79 Å². The minimum Gasteiger partial charge on any atom is -0.367 e. The summed E-state index contributed by atoms with van der Waals surface area (Å²) in [5, 5.41) is 6.71. The second-order valence-corrected chi connectivity index (χ2v) is 4.49. The minimum absolute atomic E-state index is 0.122. The summed E-state index contributed by atoms with van der Waals surface area (Å²) in [7, 11) is 0. The van der Waals surface area contributed by atoms with Crippen LogP contribution in [0.5, 0.6) is 0 Å². The van der Waals surface area contributed by atoms with Crippen LogP contribution in [0.25, 0.3) is 11.5 Å². The van der Waals surface area contributed by atoms with Crippen LogP contribution in [0.15, 0.2) is 53.3 Å². The van der Waals surface area contributed by atoms with E-state index in [4.69, 9.17) is 4.52 Å². The van der Waals surface area contributed by atoms with Gasteiger partial charge in [0.2, 0.25) is 0 Å². The van der Waals surface area contributed by atoms with Gasteiger partial charge in [-0.25, -0.2) is 0 Å². The summed E-state index contributed by atoms with van der Waals surface area (Å²) in [5.41, 5.74) is 1.49. The van der Waals surface area contributed by atoms with Gasteiger partial charge in [-0.3, -0.25) is 4.79 Å². The Balaban J connectivity index is 1.55. The van der Waals surface area contributed by atoms with Crippen LogP contribution in [-0.4, -0.2) is 27.6 Å². The highest BCUT2D eigenvalue weighted by molar-refractivity contribution is 5.93. The predicted octanol–water partition coefficient (Wildman–Crippen LogP) is 2.04. The number of carbonyl (C=O) groups excluding carboxylic acids is 1. The minimum atomic E-state index is -0.122. The fourth-order valence-corrected chi connectivity index (χ4v) is 1.91. The highest BCUT2D eigenvalue weighted by atomic mass is 16.5. The number of H-pyrrole nitrogens is 1. The van der Waals surface area contributed by atoms with Crippen molar-refractivity contribution < 1.29 is 9.32 Å². The molecule has 0 fully saturated rings. The van der Waals surface area contributed by atoms with E-state index in [-0.39, 0.29) is 5.91 Å². The van der Waals surface area contributed by atoms with Crippen LogP contribution in [0.1, 0.15) is 16.2 Å². The molecule has 1 amide bonds. The van der Waals surface area contributed by atoms with E-state index in [1.807, 2.05) is 30.3 Å². The molecule has 0 atom stereocenters. The smallest absolute Gasteiger partial charge is 0.257 e. The van der Waals surface area contributed by atoms with Crippen LogP contribution < -0.4 is 5.32 Å². The molecule has 0 aliphatic heterocycles. The first kappa shape index (κ1) is 13.1. The zero-order chi connectivity index (χ0) is 14.5. The number of hydrogen-bond donors (Lipinski definition) is 2. The average molecular weight is 282 g/mol. The van der Waals surface area contributed by atoms with Crippen LogP contribution in [-0.2, 0) is 6.42 Å². The first-order valence-electron chi connectivity index (χ1n) is 6.62. The Labute approximate surface area is 121 Å². The molecule has 0 unspecified atom stereocenters. The Morgan fingerprint density at radius 2 is 2.10 bits per heavy atom. The van der Waals surface area contributed by atoms with Gasteiger partial charge in [0.1, 0.15) is 0 Å². The topological polar surface area (TPSA) is 83.8 Å². The highest BCUT2D eigenvalue weighted by Gasteiger charge is 2.09. The van der Waals surface area contributed by atoms with Gasteiger partial charge in [-0.1, -0.05) is 23.4 Å². The van der Waals surface area contributed by atoms with Crippen molar-refractivity contribution >= 4 is 5.91 Å². The van der Waals surface area contributed by atoms with E-state index in [1.54, 1.807) is 18.5 Å². The number of aromatic nitrogens is 3. The van der Waals surface area contributed by atoms with E-state index in [0.29, 0.717) is 30.2 Å². The van der Waals surface area contributed by atoms with E-state index < -0.39 is 0 Å². The largest absolute Gasteiger partial charge is 0.367 e. The van der Waals surface area contributed by atoms with Crippen LogP contribution in [0, 0.1) is 0 Å². The first-order chi connectivity index (χ1) is 10.3. The number of amides is 1. The van der Waals surface area contributed by atoms with Crippen molar-refractivity contribution in [1.29, 1.82) is 0 Å². The average Bonchev–Trinajstić information content (AvgIpc) is 3.20. The maximum absolute atomic E-state index is 11.7. The SMILES string of the molecule is O=C(NCCc1noc(-c2ccccc2)n1)c1cc[nH]c1. The molecule has 1 aromatic carbocycles. The molecule has 0 bridgehead atoms. The van der Waals surface area contributed by atoms with Gasteiger partial charge in [0.15, 0.2) is 5.82 Å². The summed E-state index contributed by atoms with van der Waals surface area (Å²) in [6.07, 6.45) is 3.88. The Kier molecular flexibility index (Phi) is 3.77. The summed E-state index contributed by atoms with van der Waals surface area (Å²) in [5.74, 6) is 0.939. The lowest BCUT2D eigenvalue weighted by Crippen LogP contribution is -2.25. The number of rotatable bonds is 5. The molecule has 6 heteroatoms. The molecule has 2 heterocycles. The molecule has 106 valence electrons. The van der Waals surface area contributed by atoms with E-state index >= 15 is 0 Å². The van der Waals surface area contributed by atoms with Crippen molar-refractivity contribution in [3.05, 3.63) is 60.2 Å². The van der Waals surface area contributed by atoms with Gasteiger partial charge in [0.25, 0.3) is 11.8 Å². The molecule has 0 aliphatic carbocycles. The zero-order valence-electron chi connectivity index (χ0n) is 11.2. The maximum atomic E-state index is 11.7. The van der Waals surface area contributed by atoms with Crippen molar-refractivity contribution in [3.8, 4) is 11.5 Å². The number of nitrogens with one attached hydrogen (secondary N) is 2. The van der Waals surface area contributed by atoms with Crippen LogP contribution >= 0.6 is 0 Å². The molecular formula is C15H14N4O2. The second-order valence-electron chi connectivity index (χ2n) is 4.49. The number of nitrogens with zero attached hydrogens (tertiary/aromatic N) is 2. The van der Waals surface area contributed by atoms with Crippen molar-refractivity contribution in [2.45, 2.75) is 6.42 Å². The molecule has 0 spiro atoms. The highest BCUT2D eigenvalue weighted by Crippen LogP contribution is 2.15. The van der Waals surface area contributed by atoms with Crippen LogP contribution in [0.2, 0.25) is 0 Å². The summed E-state index contributed by atoms with van der Waals surface area (Å²) in [6, 6.07) is 11.3. The molecule has 2 N–H and O–H groups in total. The van der Waals surface area contributed by atoms with Crippen molar-refractivity contribution in [1.82, 2.24) is 20.4 Å². The molecule has 0 aliphatic rings. The molecule has 6 nitrogen and oxygen atoms in total. The lowest BCUT2D eigenvalue weighted by molar-refractivity contribution is 0.0954. The molecule has 21 heavy (non-hydrogen) atoms. The Morgan fingerprint density at radius 1 is 1.24 bits per heavy atom. The third kappa shape index (κ3) is 3.17. The second kappa shape index (κ2) is 6.04. The third-order valence-electron chi connectivity index (χ3n) is 2.98. The summed E-state index contributed by atoms with van der Waals surface area (Å²) >= 11 is 0. The number of aromatic amines is 1. The molecule has 0 radical (unpaired) electrons. The van der Waals surface area contributed by atoms with Gasteiger partial charge in [0, 0.05) is 30.9 Å². The fraction of sp³-hybridized carbons (Fsp3) is 0.133. The summed E-state index contributed by atoms with van der Waals surface area (Å²) < 4.78 is 5.20. The van der Waals surface area contributed by atoms with Gasteiger partial charge < -0.3 is 14.8 Å². The van der Waals surface area contributed by atoms with Crippen LogP contribution in [0.3, 0.4) is 0 Å². The quantitative estimate of drug-likeness (QED) is 0.750. The lowest BCUT2D eigenvalue weighted by atomic mass is 10.2. The maximum Gasteiger partial charge on any atom is 0.257 e. The summed E-state index contributed by atoms with van der Waals surface area (Å²) in [4.78, 5) is 18.9. The number of benzene rings is 1. The normalized spacial score (nSPS) is 10.5.